The van der Waals surface area contributed by atoms with Crippen LogP contribution in [0.4, 0.5) is 0 Å². The van der Waals surface area contributed by atoms with Gasteiger partial charge in [-0.3, -0.25) is 0 Å². The molecular weight excluding hydrogens is 198 g/mol. The maximum absolute atomic E-state index is 2.41. The quantitative estimate of drug-likeness (QED) is 0.647. The molecule has 0 aliphatic heterocycles. The molecule has 1 aromatic carbocycles. The van der Waals surface area contributed by atoms with Gasteiger partial charge >= 0.3 is 0 Å². The van der Waals surface area contributed by atoms with Crippen LogP contribution >= 0.6 is 0 Å². The van der Waals surface area contributed by atoms with Crippen molar-refractivity contribution in [3.8, 4) is 0 Å². The zero-order valence-corrected chi connectivity index (χ0v) is 11.3. The van der Waals surface area contributed by atoms with Crippen LogP contribution in [-0.4, -0.2) is 12.6 Å². The van der Waals surface area contributed by atoms with Crippen LogP contribution in [0, 0.1) is 6.92 Å². The van der Waals surface area contributed by atoms with E-state index in [-0.39, 0.29) is 0 Å². The summed E-state index contributed by atoms with van der Waals surface area (Å²) in [6.07, 6.45) is 0. The lowest BCUT2D eigenvalue weighted by Crippen LogP contribution is -2.43. The summed E-state index contributed by atoms with van der Waals surface area (Å²) in [7, 11) is 0.955. The highest BCUT2D eigenvalue weighted by Gasteiger charge is 2.24. The smallest absolute Gasteiger partial charge is 0.0988 e. The molecule has 0 atom stereocenters. The summed E-state index contributed by atoms with van der Waals surface area (Å²) in [6, 6.07) is 8.69. The van der Waals surface area contributed by atoms with Gasteiger partial charge in [-0.1, -0.05) is 37.8 Å². The van der Waals surface area contributed by atoms with E-state index in [4.69, 9.17) is 0 Å². The average molecular weight is 217 g/mol. The predicted molar refractivity (Wildman–Crippen MR) is 70.6 cm³/mol. The monoisotopic (exact) mass is 217 g/mol. The van der Waals surface area contributed by atoms with Crippen molar-refractivity contribution in [2.24, 2.45) is 7.05 Å². The predicted octanol–water partition coefficient (Wildman–Crippen LogP) is 3.03. The Morgan fingerprint density at radius 2 is 1.67 bits per heavy atom. The van der Waals surface area contributed by atoms with Gasteiger partial charge in [0.25, 0.3) is 0 Å². The van der Waals surface area contributed by atoms with Gasteiger partial charge in [0.1, 0.15) is 0 Å². The fourth-order valence-electron chi connectivity index (χ4n) is 2.65. The molecule has 0 aliphatic rings. The van der Waals surface area contributed by atoms with Gasteiger partial charge in [-0.05, 0) is 18.6 Å². The van der Waals surface area contributed by atoms with E-state index in [1.165, 1.54) is 16.5 Å². The topological polar surface area (TPSA) is 4.93 Å². The Balaban J connectivity index is 2.87. The minimum Gasteiger partial charge on any atom is -0.351 e. The Hall–Kier alpha value is -1.02. The van der Waals surface area contributed by atoms with Crippen molar-refractivity contribution in [2.75, 3.05) is 0 Å². The number of nitrogens with zero attached hydrogens (tertiary/aromatic N) is 1. The van der Waals surface area contributed by atoms with Crippen molar-refractivity contribution < 1.29 is 0 Å². The second kappa shape index (κ2) is 3.24. The minimum atomic E-state index is -1.24. The number of aryl methyl sites for hydroxylation is 2. The Bertz CT molecular complexity index is 464. The molecule has 0 aliphatic carbocycles. The van der Waals surface area contributed by atoms with E-state index in [9.17, 15) is 0 Å². The molecule has 1 aromatic heterocycles. The SMILES string of the molecule is Cc1c([Si](C)(C)C)n(C)c2ccccc12. The zero-order valence-electron chi connectivity index (χ0n) is 10.3. The van der Waals surface area contributed by atoms with Crippen LogP contribution in [0.1, 0.15) is 5.56 Å². The zero-order chi connectivity index (χ0) is 11.2. The Kier molecular flexibility index (Phi) is 2.27. The molecule has 80 valence electrons. The lowest BCUT2D eigenvalue weighted by molar-refractivity contribution is 0.992. The third-order valence-electron chi connectivity index (χ3n) is 3.07. The molecular formula is C13H19NSi. The maximum atomic E-state index is 2.41. The van der Waals surface area contributed by atoms with Gasteiger partial charge in [-0.25, -0.2) is 0 Å². The van der Waals surface area contributed by atoms with Gasteiger partial charge in [0.15, 0.2) is 0 Å². The number of hydrogen-bond donors (Lipinski definition) is 0. The van der Waals surface area contributed by atoms with Crippen molar-refractivity contribution >= 4 is 24.3 Å². The van der Waals surface area contributed by atoms with Gasteiger partial charge in [0, 0.05) is 23.3 Å². The molecule has 0 spiro atoms. The summed E-state index contributed by atoms with van der Waals surface area (Å²) in [5, 5.41) is 2.99. The van der Waals surface area contributed by atoms with Gasteiger partial charge in [-0.2, -0.15) is 0 Å². The van der Waals surface area contributed by atoms with Crippen molar-refractivity contribution in [3.05, 3.63) is 29.8 Å². The lowest BCUT2D eigenvalue weighted by Gasteiger charge is -2.19. The van der Waals surface area contributed by atoms with Crippen LogP contribution in [0.25, 0.3) is 10.9 Å². The summed E-state index contributed by atoms with van der Waals surface area (Å²) in [4.78, 5) is 0. The summed E-state index contributed by atoms with van der Waals surface area (Å²) >= 11 is 0. The summed E-state index contributed by atoms with van der Waals surface area (Å²) in [5.41, 5.74) is 2.85. The summed E-state index contributed by atoms with van der Waals surface area (Å²) in [6.45, 7) is 9.49. The number of hydrogen-bond acceptors (Lipinski definition) is 0. The molecule has 0 N–H and O–H groups in total. The van der Waals surface area contributed by atoms with Crippen molar-refractivity contribution in [2.45, 2.75) is 26.6 Å². The Morgan fingerprint density at radius 3 is 2.20 bits per heavy atom. The molecule has 0 unspecified atom stereocenters. The van der Waals surface area contributed by atoms with E-state index in [1.54, 1.807) is 5.32 Å². The Labute approximate surface area is 92.7 Å². The summed E-state index contributed by atoms with van der Waals surface area (Å²) < 4.78 is 2.39. The molecule has 2 heteroatoms. The molecule has 2 rings (SSSR count). The van der Waals surface area contributed by atoms with Crippen molar-refractivity contribution in [1.82, 2.24) is 4.57 Å². The number of rotatable bonds is 1. The van der Waals surface area contributed by atoms with E-state index in [0.29, 0.717) is 0 Å². The van der Waals surface area contributed by atoms with E-state index < -0.39 is 8.07 Å². The molecule has 1 nitrogen and oxygen atoms in total. The maximum Gasteiger partial charge on any atom is 0.0988 e. The number of fused-ring (bicyclic) bond motifs is 1. The first-order chi connectivity index (χ1) is 6.93. The normalized spacial score (nSPS) is 12.3. The number of benzene rings is 1. The van der Waals surface area contributed by atoms with Gasteiger partial charge < -0.3 is 4.57 Å². The standard InChI is InChI=1S/C13H19NSi/c1-10-11-8-6-7-9-12(11)14(2)13(10)15(3,4)5/h6-9H,1-5H3. The van der Waals surface area contributed by atoms with Gasteiger partial charge in [0.05, 0.1) is 8.07 Å². The minimum absolute atomic E-state index is 1.24. The van der Waals surface area contributed by atoms with E-state index in [1.807, 2.05) is 0 Å². The molecule has 2 aromatic rings. The fourth-order valence-corrected chi connectivity index (χ4v) is 5.03. The van der Waals surface area contributed by atoms with Crippen LogP contribution in [0.3, 0.4) is 0 Å². The first-order valence-electron chi connectivity index (χ1n) is 5.47. The van der Waals surface area contributed by atoms with E-state index in [2.05, 4.69) is 62.4 Å². The van der Waals surface area contributed by atoms with Crippen LogP contribution in [-0.2, 0) is 7.05 Å². The third-order valence-corrected chi connectivity index (χ3v) is 5.20. The number of aromatic nitrogens is 1. The van der Waals surface area contributed by atoms with Crippen molar-refractivity contribution in [1.29, 1.82) is 0 Å². The first kappa shape index (κ1) is 10.5. The second-order valence-corrected chi connectivity index (χ2v) is 10.3. The largest absolute Gasteiger partial charge is 0.351 e. The average Bonchev–Trinajstić information content (AvgIpc) is 2.39. The third kappa shape index (κ3) is 1.53. The first-order valence-corrected chi connectivity index (χ1v) is 8.97. The molecule has 0 amide bonds. The second-order valence-electron chi connectivity index (χ2n) is 5.30. The lowest BCUT2D eigenvalue weighted by atomic mass is 10.2. The van der Waals surface area contributed by atoms with E-state index in [0.717, 1.165) is 0 Å². The molecule has 0 bridgehead atoms. The molecule has 1 heterocycles. The van der Waals surface area contributed by atoms with Crippen LogP contribution in [0.2, 0.25) is 19.6 Å². The molecule has 15 heavy (non-hydrogen) atoms. The molecule has 0 saturated carbocycles. The molecule has 0 radical (unpaired) electrons. The van der Waals surface area contributed by atoms with Crippen LogP contribution in [0.5, 0.6) is 0 Å². The molecule has 0 saturated heterocycles. The van der Waals surface area contributed by atoms with Crippen LogP contribution < -0.4 is 5.32 Å². The van der Waals surface area contributed by atoms with Gasteiger partial charge in [0.2, 0.25) is 0 Å². The fraction of sp³-hybridized carbons (Fsp3) is 0.385. The van der Waals surface area contributed by atoms with E-state index >= 15 is 0 Å². The highest BCUT2D eigenvalue weighted by atomic mass is 28.3. The molecule has 0 fully saturated rings. The van der Waals surface area contributed by atoms with Crippen molar-refractivity contribution in [3.63, 3.8) is 0 Å². The highest BCUT2D eigenvalue weighted by molar-refractivity contribution is 6.88. The van der Waals surface area contributed by atoms with Gasteiger partial charge in [-0.15, -0.1) is 0 Å². The summed E-state index contributed by atoms with van der Waals surface area (Å²) in [5.74, 6) is 0. The Morgan fingerprint density at radius 1 is 1.07 bits per heavy atom. The van der Waals surface area contributed by atoms with Crippen LogP contribution in [0.15, 0.2) is 24.3 Å². The highest BCUT2D eigenvalue weighted by Crippen LogP contribution is 2.20. The number of para-hydroxylation sites is 1.